The van der Waals surface area contributed by atoms with Crippen molar-refractivity contribution in [3.8, 4) is 17.2 Å². The first-order valence-electron chi connectivity index (χ1n) is 8.39. The Morgan fingerprint density at radius 3 is 2.64 bits per heavy atom. The van der Waals surface area contributed by atoms with Crippen LogP contribution in [-0.2, 0) is 13.1 Å². The van der Waals surface area contributed by atoms with Gasteiger partial charge in [0.15, 0.2) is 17.3 Å². The fourth-order valence-corrected chi connectivity index (χ4v) is 2.94. The summed E-state index contributed by atoms with van der Waals surface area (Å²) in [5.41, 5.74) is 2.88. The van der Waals surface area contributed by atoms with Gasteiger partial charge in [-0.3, -0.25) is 9.69 Å². The summed E-state index contributed by atoms with van der Waals surface area (Å²) in [6.45, 7) is 6.34. The molecule has 0 fully saturated rings. The lowest BCUT2D eigenvalue weighted by atomic mass is 10.1. The fourth-order valence-electron chi connectivity index (χ4n) is 2.94. The Hall–Kier alpha value is -2.53. The van der Waals surface area contributed by atoms with Crippen molar-refractivity contribution in [3.63, 3.8) is 0 Å². The molecule has 1 aliphatic rings. The first-order valence-corrected chi connectivity index (χ1v) is 8.39. The van der Waals surface area contributed by atoms with Gasteiger partial charge < -0.3 is 14.2 Å². The monoisotopic (exact) mass is 341 g/mol. The number of carbonyl (C=O) groups excluding carboxylic acids is 1. The Kier molecular flexibility index (Phi) is 5.24. The predicted molar refractivity (Wildman–Crippen MR) is 95.4 cm³/mol. The summed E-state index contributed by atoms with van der Waals surface area (Å²) in [6, 6.07) is 11.6. The van der Waals surface area contributed by atoms with Crippen molar-refractivity contribution in [2.24, 2.45) is 0 Å². The summed E-state index contributed by atoms with van der Waals surface area (Å²) < 4.78 is 16.3. The molecule has 1 aliphatic heterocycles. The number of hydrogen-bond donors (Lipinski definition) is 0. The van der Waals surface area contributed by atoms with Crippen molar-refractivity contribution >= 4 is 5.78 Å². The van der Waals surface area contributed by atoms with Crippen LogP contribution in [0.15, 0.2) is 36.4 Å². The maximum absolute atomic E-state index is 11.7. The maximum atomic E-state index is 11.7. The van der Waals surface area contributed by atoms with E-state index in [0.717, 1.165) is 41.5 Å². The van der Waals surface area contributed by atoms with E-state index >= 15 is 0 Å². The van der Waals surface area contributed by atoms with Gasteiger partial charge in [0, 0.05) is 24.2 Å². The standard InChI is InChI=1S/C20H23NO4/c1-4-21(11-15-5-7-19-20(9-15)25-13-24-19)12-17-10-16(14(2)22)6-8-18(17)23-3/h5-10H,4,11-13H2,1-3H3. The number of ketones is 1. The fraction of sp³-hybridized carbons (Fsp3) is 0.350. The first-order chi connectivity index (χ1) is 12.1. The van der Waals surface area contributed by atoms with Crippen LogP contribution in [0.4, 0.5) is 0 Å². The average molecular weight is 341 g/mol. The summed E-state index contributed by atoms with van der Waals surface area (Å²) in [7, 11) is 1.65. The van der Waals surface area contributed by atoms with Gasteiger partial charge in [-0.25, -0.2) is 0 Å². The number of hydrogen-bond acceptors (Lipinski definition) is 5. The minimum absolute atomic E-state index is 0.0581. The van der Waals surface area contributed by atoms with E-state index in [1.165, 1.54) is 0 Å². The molecule has 0 spiro atoms. The van der Waals surface area contributed by atoms with Crippen molar-refractivity contribution in [3.05, 3.63) is 53.1 Å². The number of carbonyl (C=O) groups is 1. The van der Waals surface area contributed by atoms with E-state index in [1.54, 1.807) is 20.1 Å². The average Bonchev–Trinajstić information content (AvgIpc) is 3.08. The zero-order valence-corrected chi connectivity index (χ0v) is 14.9. The van der Waals surface area contributed by atoms with Crippen LogP contribution in [0.2, 0.25) is 0 Å². The number of fused-ring (bicyclic) bond motifs is 1. The molecule has 0 amide bonds. The highest BCUT2D eigenvalue weighted by Crippen LogP contribution is 2.33. The molecule has 0 saturated carbocycles. The molecule has 0 aliphatic carbocycles. The van der Waals surface area contributed by atoms with E-state index in [0.29, 0.717) is 12.1 Å². The van der Waals surface area contributed by atoms with Crippen LogP contribution >= 0.6 is 0 Å². The van der Waals surface area contributed by atoms with Crippen LogP contribution in [0, 0.1) is 0 Å². The van der Waals surface area contributed by atoms with Crippen LogP contribution in [0.3, 0.4) is 0 Å². The van der Waals surface area contributed by atoms with Gasteiger partial charge in [-0.2, -0.15) is 0 Å². The minimum atomic E-state index is 0.0581. The Labute approximate surface area is 148 Å². The van der Waals surface area contributed by atoms with E-state index in [4.69, 9.17) is 14.2 Å². The van der Waals surface area contributed by atoms with E-state index in [2.05, 4.69) is 17.9 Å². The summed E-state index contributed by atoms with van der Waals surface area (Å²) in [4.78, 5) is 14.0. The van der Waals surface area contributed by atoms with Crippen LogP contribution in [0.25, 0.3) is 0 Å². The van der Waals surface area contributed by atoms with Gasteiger partial charge in [0.25, 0.3) is 0 Å². The number of benzene rings is 2. The molecule has 0 unspecified atom stereocenters. The highest BCUT2D eigenvalue weighted by atomic mass is 16.7. The Morgan fingerprint density at radius 1 is 1.12 bits per heavy atom. The summed E-state index contributed by atoms with van der Waals surface area (Å²) >= 11 is 0. The molecule has 5 nitrogen and oxygen atoms in total. The molecule has 132 valence electrons. The van der Waals surface area contributed by atoms with Gasteiger partial charge in [-0.15, -0.1) is 0 Å². The van der Waals surface area contributed by atoms with E-state index in [-0.39, 0.29) is 12.6 Å². The van der Waals surface area contributed by atoms with Crippen LogP contribution in [0.1, 0.15) is 35.3 Å². The molecule has 2 aromatic rings. The van der Waals surface area contributed by atoms with Gasteiger partial charge in [0.2, 0.25) is 6.79 Å². The molecular formula is C20H23NO4. The van der Waals surface area contributed by atoms with E-state index in [1.807, 2.05) is 24.3 Å². The highest BCUT2D eigenvalue weighted by molar-refractivity contribution is 5.94. The Bertz CT molecular complexity index is 772. The number of ether oxygens (including phenoxy) is 3. The molecule has 0 bridgehead atoms. The SMILES string of the molecule is CCN(Cc1ccc2c(c1)OCO2)Cc1cc(C(C)=O)ccc1OC. The van der Waals surface area contributed by atoms with E-state index in [9.17, 15) is 4.79 Å². The first kappa shape index (κ1) is 17.3. The molecule has 0 saturated heterocycles. The molecule has 2 aromatic carbocycles. The van der Waals surface area contributed by atoms with Gasteiger partial charge in [0.1, 0.15) is 5.75 Å². The highest BCUT2D eigenvalue weighted by Gasteiger charge is 2.15. The van der Waals surface area contributed by atoms with Crippen LogP contribution in [0.5, 0.6) is 17.2 Å². The number of Topliss-reactive ketones (excluding diaryl/α,β-unsaturated/α-hetero) is 1. The lowest BCUT2D eigenvalue weighted by Crippen LogP contribution is -2.22. The number of nitrogens with zero attached hydrogens (tertiary/aromatic N) is 1. The summed E-state index contributed by atoms with van der Waals surface area (Å²) in [6.07, 6.45) is 0. The Balaban J connectivity index is 1.78. The summed E-state index contributed by atoms with van der Waals surface area (Å²) in [5.74, 6) is 2.45. The molecule has 5 heteroatoms. The van der Waals surface area contributed by atoms with Crippen molar-refractivity contribution in [2.45, 2.75) is 26.9 Å². The Morgan fingerprint density at radius 2 is 1.92 bits per heavy atom. The lowest BCUT2D eigenvalue weighted by molar-refractivity contribution is 0.101. The second-order valence-corrected chi connectivity index (χ2v) is 6.07. The molecule has 0 N–H and O–H groups in total. The second kappa shape index (κ2) is 7.57. The van der Waals surface area contributed by atoms with E-state index < -0.39 is 0 Å². The molecular weight excluding hydrogens is 318 g/mol. The van der Waals surface area contributed by atoms with Gasteiger partial charge >= 0.3 is 0 Å². The molecule has 25 heavy (non-hydrogen) atoms. The third kappa shape index (κ3) is 3.94. The van der Waals surface area contributed by atoms with Crippen molar-refractivity contribution in [2.75, 3.05) is 20.4 Å². The van der Waals surface area contributed by atoms with Crippen LogP contribution in [-0.4, -0.2) is 31.1 Å². The molecule has 0 aromatic heterocycles. The maximum Gasteiger partial charge on any atom is 0.231 e. The minimum Gasteiger partial charge on any atom is -0.496 e. The van der Waals surface area contributed by atoms with Gasteiger partial charge in [0.05, 0.1) is 7.11 Å². The van der Waals surface area contributed by atoms with Gasteiger partial charge in [-0.1, -0.05) is 13.0 Å². The van der Waals surface area contributed by atoms with Crippen molar-refractivity contribution in [1.29, 1.82) is 0 Å². The number of rotatable bonds is 7. The van der Waals surface area contributed by atoms with Crippen LogP contribution < -0.4 is 14.2 Å². The largest absolute Gasteiger partial charge is 0.496 e. The third-order valence-corrected chi connectivity index (χ3v) is 4.37. The molecule has 0 radical (unpaired) electrons. The topological polar surface area (TPSA) is 48.0 Å². The quantitative estimate of drug-likeness (QED) is 0.720. The smallest absolute Gasteiger partial charge is 0.231 e. The lowest BCUT2D eigenvalue weighted by Gasteiger charge is -2.22. The third-order valence-electron chi connectivity index (χ3n) is 4.37. The molecule has 1 heterocycles. The zero-order chi connectivity index (χ0) is 17.8. The summed E-state index contributed by atoms with van der Waals surface area (Å²) in [5, 5.41) is 0. The second-order valence-electron chi connectivity index (χ2n) is 6.07. The normalized spacial score (nSPS) is 12.5. The van der Waals surface area contributed by atoms with Crippen molar-refractivity contribution in [1.82, 2.24) is 4.90 Å². The van der Waals surface area contributed by atoms with Gasteiger partial charge in [-0.05, 0) is 49.4 Å². The molecule has 0 atom stereocenters. The number of methoxy groups -OCH3 is 1. The zero-order valence-electron chi connectivity index (χ0n) is 14.9. The predicted octanol–water partition coefficient (Wildman–Crippen LogP) is 3.65. The molecule has 3 rings (SSSR count). The van der Waals surface area contributed by atoms with Crippen molar-refractivity contribution < 1.29 is 19.0 Å².